The van der Waals surface area contributed by atoms with Crippen LogP contribution in [0, 0.1) is 11.8 Å². The van der Waals surface area contributed by atoms with Crippen LogP contribution in [0.1, 0.15) is 44.9 Å². The zero-order valence-electron chi connectivity index (χ0n) is 11.9. The standard InChI is InChI=1S/C15H24N2O3/c18-14(19)7-10-5-6-17(9-10)15(20)13-8-11-3-1-2-4-12(11)16-13/h10-13,16H,1-9H2,(H,18,19). The maximum absolute atomic E-state index is 12.5. The van der Waals surface area contributed by atoms with Crippen molar-refractivity contribution in [2.75, 3.05) is 13.1 Å². The Kier molecular flexibility index (Phi) is 3.96. The number of likely N-dealkylation sites (tertiary alicyclic amines) is 1. The van der Waals surface area contributed by atoms with Crippen LogP contribution in [0.15, 0.2) is 0 Å². The number of carbonyl (C=O) groups is 2. The molecular formula is C15H24N2O3. The molecule has 0 radical (unpaired) electrons. The molecule has 0 spiro atoms. The van der Waals surface area contributed by atoms with Crippen molar-refractivity contribution < 1.29 is 14.7 Å². The van der Waals surface area contributed by atoms with Crippen LogP contribution in [-0.2, 0) is 9.59 Å². The number of rotatable bonds is 3. The van der Waals surface area contributed by atoms with Gasteiger partial charge in [0.25, 0.3) is 0 Å². The number of amides is 1. The van der Waals surface area contributed by atoms with Crippen LogP contribution in [0.4, 0.5) is 0 Å². The number of fused-ring (bicyclic) bond motifs is 1. The summed E-state index contributed by atoms with van der Waals surface area (Å²) in [7, 11) is 0. The first kappa shape index (κ1) is 13.9. The molecule has 0 aromatic rings. The van der Waals surface area contributed by atoms with E-state index in [4.69, 9.17) is 5.11 Å². The molecule has 1 saturated carbocycles. The SMILES string of the molecule is O=C(O)CC1CCN(C(=O)C2CC3CCCCC3N2)C1. The lowest BCUT2D eigenvalue weighted by molar-refractivity contribution is -0.138. The van der Waals surface area contributed by atoms with Gasteiger partial charge in [-0.25, -0.2) is 0 Å². The van der Waals surface area contributed by atoms with Crippen LogP contribution in [-0.4, -0.2) is 47.1 Å². The molecule has 5 heteroatoms. The van der Waals surface area contributed by atoms with E-state index in [9.17, 15) is 9.59 Å². The summed E-state index contributed by atoms with van der Waals surface area (Å²) in [4.78, 5) is 25.2. The Balaban J connectivity index is 1.53. The van der Waals surface area contributed by atoms with E-state index in [1.165, 1.54) is 25.7 Å². The Labute approximate surface area is 119 Å². The second-order valence-corrected chi connectivity index (χ2v) is 6.64. The van der Waals surface area contributed by atoms with Crippen molar-refractivity contribution in [3.05, 3.63) is 0 Å². The molecule has 2 saturated heterocycles. The molecule has 112 valence electrons. The Hall–Kier alpha value is -1.10. The predicted octanol–water partition coefficient (Wildman–Crippen LogP) is 1.23. The molecule has 1 aliphatic carbocycles. The maximum atomic E-state index is 12.5. The molecule has 2 heterocycles. The van der Waals surface area contributed by atoms with Crippen LogP contribution in [0.5, 0.6) is 0 Å². The van der Waals surface area contributed by atoms with Crippen molar-refractivity contribution in [3.63, 3.8) is 0 Å². The molecule has 3 aliphatic rings. The molecule has 0 bridgehead atoms. The van der Waals surface area contributed by atoms with E-state index < -0.39 is 5.97 Å². The highest BCUT2D eigenvalue weighted by Gasteiger charge is 2.41. The number of carbonyl (C=O) groups excluding carboxylic acids is 1. The van der Waals surface area contributed by atoms with Crippen LogP contribution >= 0.6 is 0 Å². The second kappa shape index (κ2) is 5.72. The lowest BCUT2D eigenvalue weighted by Gasteiger charge is -2.24. The first-order chi connectivity index (χ1) is 9.63. The molecule has 4 unspecified atom stereocenters. The number of carboxylic acids is 1. The molecule has 2 aliphatic heterocycles. The first-order valence-electron chi connectivity index (χ1n) is 7.90. The van der Waals surface area contributed by atoms with Crippen molar-refractivity contribution >= 4 is 11.9 Å². The largest absolute Gasteiger partial charge is 0.481 e. The lowest BCUT2D eigenvalue weighted by atomic mass is 9.85. The molecule has 0 aromatic heterocycles. The van der Waals surface area contributed by atoms with Gasteiger partial charge in [0.2, 0.25) is 5.91 Å². The Bertz CT molecular complexity index is 385. The highest BCUT2D eigenvalue weighted by atomic mass is 16.4. The molecular weight excluding hydrogens is 256 g/mol. The van der Waals surface area contributed by atoms with E-state index in [1.54, 1.807) is 0 Å². The smallest absolute Gasteiger partial charge is 0.303 e. The number of nitrogens with zero attached hydrogens (tertiary/aromatic N) is 1. The topological polar surface area (TPSA) is 69.6 Å². The van der Waals surface area contributed by atoms with E-state index in [1.807, 2.05) is 4.90 Å². The molecule has 1 amide bonds. The zero-order valence-corrected chi connectivity index (χ0v) is 11.9. The number of aliphatic carboxylic acids is 1. The summed E-state index contributed by atoms with van der Waals surface area (Å²) in [5, 5.41) is 12.4. The van der Waals surface area contributed by atoms with Crippen molar-refractivity contribution in [1.29, 1.82) is 0 Å². The minimum atomic E-state index is -0.755. The number of hydrogen-bond acceptors (Lipinski definition) is 3. The Morgan fingerprint density at radius 1 is 1.20 bits per heavy atom. The van der Waals surface area contributed by atoms with Gasteiger partial charge in [-0.05, 0) is 37.5 Å². The summed E-state index contributed by atoms with van der Waals surface area (Å²) >= 11 is 0. The number of carboxylic acid groups (broad SMARTS) is 1. The Morgan fingerprint density at radius 3 is 2.75 bits per heavy atom. The van der Waals surface area contributed by atoms with Crippen LogP contribution in [0.25, 0.3) is 0 Å². The summed E-state index contributed by atoms with van der Waals surface area (Å²) in [5.41, 5.74) is 0. The van der Waals surface area contributed by atoms with Crippen LogP contribution < -0.4 is 5.32 Å². The van der Waals surface area contributed by atoms with Crippen molar-refractivity contribution in [3.8, 4) is 0 Å². The lowest BCUT2D eigenvalue weighted by Crippen LogP contribution is -2.44. The average Bonchev–Trinajstić information content (AvgIpc) is 3.03. The van der Waals surface area contributed by atoms with Crippen molar-refractivity contribution in [2.45, 2.75) is 57.0 Å². The molecule has 4 atom stereocenters. The maximum Gasteiger partial charge on any atom is 0.303 e. The van der Waals surface area contributed by atoms with Gasteiger partial charge in [0.05, 0.1) is 6.04 Å². The zero-order chi connectivity index (χ0) is 14.1. The van der Waals surface area contributed by atoms with Crippen molar-refractivity contribution in [2.24, 2.45) is 11.8 Å². The van der Waals surface area contributed by atoms with Gasteiger partial charge in [-0.1, -0.05) is 12.8 Å². The van der Waals surface area contributed by atoms with E-state index in [2.05, 4.69) is 5.32 Å². The fraction of sp³-hybridized carbons (Fsp3) is 0.867. The van der Waals surface area contributed by atoms with Gasteiger partial charge in [0.15, 0.2) is 0 Å². The highest BCUT2D eigenvalue weighted by Crippen LogP contribution is 2.34. The van der Waals surface area contributed by atoms with Gasteiger partial charge in [0.1, 0.15) is 0 Å². The third kappa shape index (κ3) is 2.82. The number of hydrogen-bond donors (Lipinski definition) is 2. The minimum Gasteiger partial charge on any atom is -0.481 e. The Morgan fingerprint density at radius 2 is 2.00 bits per heavy atom. The van der Waals surface area contributed by atoms with Gasteiger partial charge < -0.3 is 15.3 Å². The third-order valence-electron chi connectivity index (χ3n) is 5.22. The number of nitrogens with one attached hydrogen (secondary N) is 1. The normalized spacial score (nSPS) is 36.9. The van der Waals surface area contributed by atoms with Gasteiger partial charge in [0, 0.05) is 25.6 Å². The predicted molar refractivity (Wildman–Crippen MR) is 74.2 cm³/mol. The van der Waals surface area contributed by atoms with Crippen LogP contribution in [0.3, 0.4) is 0 Å². The molecule has 2 N–H and O–H groups in total. The minimum absolute atomic E-state index is 0.0216. The van der Waals surface area contributed by atoms with Gasteiger partial charge >= 0.3 is 5.97 Å². The monoisotopic (exact) mass is 280 g/mol. The fourth-order valence-corrected chi connectivity index (χ4v) is 4.18. The first-order valence-corrected chi connectivity index (χ1v) is 7.90. The van der Waals surface area contributed by atoms with Gasteiger partial charge in [-0.3, -0.25) is 9.59 Å². The molecule has 5 nitrogen and oxygen atoms in total. The molecule has 20 heavy (non-hydrogen) atoms. The van der Waals surface area contributed by atoms with Gasteiger partial charge in [-0.15, -0.1) is 0 Å². The summed E-state index contributed by atoms with van der Waals surface area (Å²) in [6.45, 7) is 1.35. The third-order valence-corrected chi connectivity index (χ3v) is 5.22. The molecule has 3 rings (SSSR count). The summed E-state index contributed by atoms with van der Waals surface area (Å²) < 4.78 is 0. The van der Waals surface area contributed by atoms with E-state index in [0.717, 1.165) is 19.4 Å². The fourth-order valence-electron chi connectivity index (χ4n) is 4.18. The van der Waals surface area contributed by atoms with E-state index in [0.29, 0.717) is 18.5 Å². The highest BCUT2D eigenvalue weighted by molar-refractivity contribution is 5.82. The van der Waals surface area contributed by atoms with E-state index in [-0.39, 0.29) is 24.3 Å². The quantitative estimate of drug-likeness (QED) is 0.816. The average molecular weight is 280 g/mol. The van der Waals surface area contributed by atoms with Gasteiger partial charge in [-0.2, -0.15) is 0 Å². The molecule has 3 fully saturated rings. The van der Waals surface area contributed by atoms with E-state index >= 15 is 0 Å². The summed E-state index contributed by atoms with van der Waals surface area (Å²) in [6.07, 6.45) is 7.03. The van der Waals surface area contributed by atoms with Crippen LogP contribution in [0.2, 0.25) is 0 Å². The van der Waals surface area contributed by atoms with Crippen molar-refractivity contribution in [1.82, 2.24) is 10.2 Å². The molecule has 0 aromatic carbocycles. The summed E-state index contributed by atoms with van der Waals surface area (Å²) in [5.74, 6) is 0.261. The summed E-state index contributed by atoms with van der Waals surface area (Å²) in [6, 6.07) is 0.516. The second-order valence-electron chi connectivity index (χ2n) is 6.64.